The highest BCUT2D eigenvalue weighted by molar-refractivity contribution is 9.10. The van der Waals surface area contributed by atoms with E-state index in [4.69, 9.17) is 0 Å². The molecule has 0 radical (unpaired) electrons. The van der Waals surface area contributed by atoms with Crippen LogP contribution in [0.5, 0.6) is 0 Å². The number of nitrogens with zero attached hydrogens (tertiary/aromatic N) is 1. The lowest BCUT2D eigenvalue weighted by Crippen LogP contribution is -2.44. The van der Waals surface area contributed by atoms with Gasteiger partial charge >= 0.3 is 6.18 Å². The van der Waals surface area contributed by atoms with Crippen LogP contribution in [0.25, 0.3) is 0 Å². The van der Waals surface area contributed by atoms with Gasteiger partial charge in [-0.2, -0.15) is 13.2 Å². The number of rotatable bonds is 1. The van der Waals surface area contributed by atoms with Gasteiger partial charge in [-0.15, -0.1) is 0 Å². The van der Waals surface area contributed by atoms with Gasteiger partial charge in [0.05, 0.1) is 5.92 Å². The highest BCUT2D eigenvalue weighted by atomic mass is 79.9. The van der Waals surface area contributed by atoms with Crippen LogP contribution >= 0.6 is 15.9 Å². The van der Waals surface area contributed by atoms with Crippen molar-refractivity contribution in [2.75, 3.05) is 13.1 Å². The second-order valence-corrected chi connectivity index (χ2v) is 6.95. The van der Waals surface area contributed by atoms with Crippen LogP contribution in [-0.2, 0) is 6.42 Å². The predicted octanol–water partition coefficient (Wildman–Crippen LogP) is 5.10. The van der Waals surface area contributed by atoms with Crippen LogP contribution in [0, 0.1) is 5.92 Å². The highest BCUT2D eigenvalue weighted by Crippen LogP contribution is 2.41. The monoisotopic (exact) mass is 361 g/mol. The molecule has 1 aliphatic carbocycles. The lowest BCUT2D eigenvalue weighted by molar-refractivity contribution is -0.189. The van der Waals surface area contributed by atoms with Gasteiger partial charge in [0, 0.05) is 17.1 Å². The van der Waals surface area contributed by atoms with Gasteiger partial charge in [-0.1, -0.05) is 28.1 Å². The molecule has 1 nitrogen and oxygen atoms in total. The molecule has 1 aromatic rings. The summed E-state index contributed by atoms with van der Waals surface area (Å²) in [5.74, 6) is -1.16. The van der Waals surface area contributed by atoms with Gasteiger partial charge < -0.3 is 0 Å². The van der Waals surface area contributed by atoms with Gasteiger partial charge in [0.2, 0.25) is 0 Å². The molecule has 0 saturated carbocycles. The van der Waals surface area contributed by atoms with Crippen LogP contribution in [0.4, 0.5) is 13.2 Å². The molecule has 1 aliphatic heterocycles. The third kappa shape index (κ3) is 3.14. The topological polar surface area (TPSA) is 3.24 Å². The van der Waals surface area contributed by atoms with E-state index in [-0.39, 0.29) is 19.0 Å². The van der Waals surface area contributed by atoms with Crippen molar-refractivity contribution in [2.24, 2.45) is 5.92 Å². The summed E-state index contributed by atoms with van der Waals surface area (Å²) < 4.78 is 40.1. The Morgan fingerprint density at radius 2 is 1.95 bits per heavy atom. The molecule has 0 spiro atoms. The largest absolute Gasteiger partial charge is 0.393 e. The molecule has 2 aliphatic rings. The zero-order valence-electron chi connectivity index (χ0n) is 11.8. The zero-order chi connectivity index (χ0) is 15.0. The average molecular weight is 362 g/mol. The SMILES string of the molecule is FC(F)(F)C1CCCN(C2CCCc3c(Br)cccc32)C1. The van der Waals surface area contributed by atoms with Crippen molar-refractivity contribution in [1.82, 2.24) is 4.90 Å². The van der Waals surface area contributed by atoms with Crippen LogP contribution in [-0.4, -0.2) is 24.2 Å². The first-order valence-electron chi connectivity index (χ1n) is 7.55. The third-order valence-corrected chi connectivity index (χ3v) is 5.52. The number of piperidine rings is 1. The molecule has 0 bridgehead atoms. The fraction of sp³-hybridized carbons (Fsp3) is 0.625. The standard InChI is InChI=1S/C16H19BrF3N/c17-14-7-1-6-13-12(14)5-2-8-15(13)21-9-3-4-11(10-21)16(18,19)20/h1,6-7,11,15H,2-5,8-10H2. The number of halogens is 4. The van der Waals surface area contributed by atoms with Gasteiger partial charge in [-0.3, -0.25) is 4.90 Å². The Kier molecular flexibility index (Phi) is 4.33. The van der Waals surface area contributed by atoms with E-state index in [1.165, 1.54) is 11.1 Å². The van der Waals surface area contributed by atoms with Crippen LogP contribution in [0.1, 0.15) is 42.9 Å². The van der Waals surface area contributed by atoms with Crippen molar-refractivity contribution < 1.29 is 13.2 Å². The number of alkyl halides is 3. The van der Waals surface area contributed by atoms with E-state index in [1.807, 2.05) is 12.1 Å². The number of likely N-dealkylation sites (tertiary alicyclic amines) is 1. The van der Waals surface area contributed by atoms with E-state index in [2.05, 4.69) is 26.9 Å². The predicted molar refractivity (Wildman–Crippen MR) is 80.2 cm³/mol. The first kappa shape index (κ1) is 15.3. The summed E-state index contributed by atoms with van der Waals surface area (Å²) in [6.07, 6.45) is -0.110. The van der Waals surface area contributed by atoms with Crippen molar-refractivity contribution >= 4 is 15.9 Å². The average Bonchev–Trinajstić information content (AvgIpc) is 2.46. The van der Waals surface area contributed by atoms with Crippen LogP contribution < -0.4 is 0 Å². The van der Waals surface area contributed by atoms with E-state index in [0.717, 1.165) is 30.3 Å². The molecule has 1 aromatic carbocycles. The Bertz CT molecular complexity index is 515. The lowest BCUT2D eigenvalue weighted by atomic mass is 9.85. The third-order valence-electron chi connectivity index (χ3n) is 4.77. The zero-order valence-corrected chi connectivity index (χ0v) is 13.4. The van der Waals surface area contributed by atoms with Gasteiger partial charge in [-0.05, 0) is 55.8 Å². The van der Waals surface area contributed by atoms with Crippen molar-refractivity contribution in [3.63, 3.8) is 0 Å². The van der Waals surface area contributed by atoms with Crippen molar-refractivity contribution in [3.8, 4) is 0 Å². The summed E-state index contributed by atoms with van der Waals surface area (Å²) in [7, 11) is 0. The van der Waals surface area contributed by atoms with Gasteiger partial charge in [0.25, 0.3) is 0 Å². The van der Waals surface area contributed by atoms with E-state index in [9.17, 15) is 13.2 Å². The number of hydrogen-bond acceptors (Lipinski definition) is 1. The van der Waals surface area contributed by atoms with Gasteiger partial charge in [0.15, 0.2) is 0 Å². The van der Waals surface area contributed by atoms with Crippen LogP contribution in [0.3, 0.4) is 0 Å². The maximum atomic E-state index is 13.0. The molecular formula is C16H19BrF3N. The van der Waals surface area contributed by atoms with Gasteiger partial charge in [-0.25, -0.2) is 0 Å². The molecule has 3 rings (SSSR count). The van der Waals surface area contributed by atoms with Crippen molar-refractivity contribution in [3.05, 3.63) is 33.8 Å². The maximum absolute atomic E-state index is 13.0. The summed E-state index contributed by atoms with van der Waals surface area (Å²) in [6.45, 7) is 0.934. The molecule has 1 saturated heterocycles. The smallest absolute Gasteiger partial charge is 0.296 e. The molecule has 0 aromatic heterocycles. The Balaban J connectivity index is 1.84. The summed E-state index contributed by atoms with van der Waals surface area (Å²) in [5.41, 5.74) is 2.50. The Hall–Kier alpha value is -0.550. The Labute approximate surface area is 131 Å². The minimum atomic E-state index is -4.06. The van der Waals surface area contributed by atoms with Crippen molar-refractivity contribution in [1.29, 1.82) is 0 Å². The second-order valence-electron chi connectivity index (χ2n) is 6.09. The highest BCUT2D eigenvalue weighted by Gasteiger charge is 2.43. The van der Waals surface area contributed by atoms with E-state index >= 15 is 0 Å². The van der Waals surface area contributed by atoms with Crippen LogP contribution in [0.2, 0.25) is 0 Å². The molecule has 2 atom stereocenters. The quantitative estimate of drug-likeness (QED) is 0.672. The Morgan fingerprint density at radius 3 is 2.71 bits per heavy atom. The molecule has 0 N–H and O–H groups in total. The fourth-order valence-corrected chi connectivity index (χ4v) is 4.29. The normalized spacial score (nSPS) is 27.4. The molecule has 2 unspecified atom stereocenters. The summed E-state index contributed by atoms with van der Waals surface area (Å²) in [5, 5.41) is 0. The summed E-state index contributed by atoms with van der Waals surface area (Å²) in [4.78, 5) is 2.06. The molecule has 1 heterocycles. The molecule has 116 valence electrons. The molecule has 21 heavy (non-hydrogen) atoms. The fourth-order valence-electron chi connectivity index (χ4n) is 3.71. The summed E-state index contributed by atoms with van der Waals surface area (Å²) >= 11 is 3.58. The molecule has 5 heteroatoms. The van der Waals surface area contributed by atoms with E-state index in [1.54, 1.807) is 0 Å². The van der Waals surface area contributed by atoms with Crippen LogP contribution in [0.15, 0.2) is 22.7 Å². The number of hydrogen-bond donors (Lipinski definition) is 0. The number of benzene rings is 1. The first-order chi connectivity index (χ1) is 9.97. The van der Waals surface area contributed by atoms with E-state index in [0.29, 0.717) is 6.42 Å². The minimum absolute atomic E-state index is 0.149. The van der Waals surface area contributed by atoms with Gasteiger partial charge in [0.1, 0.15) is 0 Å². The molecule has 0 amide bonds. The summed E-state index contributed by atoms with van der Waals surface area (Å²) in [6, 6.07) is 6.25. The first-order valence-corrected chi connectivity index (χ1v) is 8.34. The maximum Gasteiger partial charge on any atom is 0.393 e. The molecular weight excluding hydrogens is 343 g/mol. The molecule has 1 fully saturated rings. The number of fused-ring (bicyclic) bond motifs is 1. The lowest BCUT2D eigenvalue weighted by Gasteiger charge is -2.41. The second kappa shape index (κ2) is 5.92. The van der Waals surface area contributed by atoms with Crippen molar-refractivity contribution in [2.45, 2.75) is 44.3 Å². The minimum Gasteiger partial charge on any atom is -0.296 e. The van der Waals surface area contributed by atoms with E-state index < -0.39 is 12.1 Å². The Morgan fingerprint density at radius 1 is 1.14 bits per heavy atom.